The fourth-order valence-corrected chi connectivity index (χ4v) is 5.57. The van der Waals surface area contributed by atoms with E-state index in [-0.39, 0.29) is 18.9 Å². The van der Waals surface area contributed by atoms with Gasteiger partial charge in [0, 0.05) is 28.9 Å². The van der Waals surface area contributed by atoms with Gasteiger partial charge in [0.2, 0.25) is 0 Å². The fourth-order valence-electron chi connectivity index (χ4n) is 5.57. The molecule has 0 radical (unpaired) electrons. The van der Waals surface area contributed by atoms with Gasteiger partial charge in [-0.3, -0.25) is 0 Å². The Hall–Kier alpha value is -4.84. The number of aryl methyl sites for hydroxylation is 1. The Balaban J connectivity index is 1.22. The molecule has 1 heterocycles. The number of amides is 1. The van der Waals surface area contributed by atoms with Gasteiger partial charge >= 0.3 is 12.1 Å². The first-order chi connectivity index (χ1) is 19.0. The molecule has 3 N–H and O–H groups in total. The first kappa shape index (κ1) is 24.5. The molecular formula is C33H28N2O4. The van der Waals surface area contributed by atoms with E-state index in [2.05, 4.69) is 22.4 Å². The molecule has 0 spiro atoms. The normalized spacial score (nSPS) is 13.1. The highest BCUT2D eigenvalue weighted by Gasteiger charge is 2.30. The van der Waals surface area contributed by atoms with Crippen LogP contribution in [0.3, 0.4) is 0 Å². The number of aromatic nitrogens is 1. The Kier molecular flexibility index (Phi) is 6.37. The van der Waals surface area contributed by atoms with Crippen LogP contribution in [0.15, 0.2) is 97.1 Å². The van der Waals surface area contributed by atoms with Crippen molar-refractivity contribution in [1.29, 1.82) is 0 Å². The van der Waals surface area contributed by atoms with Crippen LogP contribution in [0.5, 0.6) is 0 Å². The van der Waals surface area contributed by atoms with Gasteiger partial charge in [-0.2, -0.15) is 0 Å². The number of aromatic amines is 1. The van der Waals surface area contributed by atoms with Gasteiger partial charge in [0.1, 0.15) is 12.6 Å². The quantitative estimate of drug-likeness (QED) is 0.225. The fraction of sp³-hybridized carbons (Fsp3) is 0.152. The van der Waals surface area contributed by atoms with Crippen LogP contribution in [-0.4, -0.2) is 34.8 Å². The summed E-state index contributed by atoms with van der Waals surface area (Å²) in [6.45, 7) is 2.14. The maximum Gasteiger partial charge on any atom is 0.407 e. The molecule has 6 rings (SSSR count). The maximum atomic E-state index is 12.9. The van der Waals surface area contributed by atoms with Gasteiger partial charge in [-0.15, -0.1) is 0 Å². The van der Waals surface area contributed by atoms with Crippen molar-refractivity contribution in [2.24, 2.45) is 0 Å². The van der Waals surface area contributed by atoms with Crippen LogP contribution in [0, 0.1) is 6.92 Å². The minimum absolute atomic E-state index is 0.104. The van der Waals surface area contributed by atoms with Crippen LogP contribution >= 0.6 is 0 Å². The Labute approximate surface area is 226 Å². The van der Waals surface area contributed by atoms with Crippen molar-refractivity contribution in [3.63, 3.8) is 0 Å². The Morgan fingerprint density at radius 3 is 2.15 bits per heavy atom. The molecule has 0 saturated carbocycles. The van der Waals surface area contributed by atoms with Crippen molar-refractivity contribution in [1.82, 2.24) is 10.3 Å². The highest BCUT2D eigenvalue weighted by atomic mass is 16.5. The molecule has 1 aliphatic carbocycles. The number of H-pyrrole nitrogens is 1. The summed E-state index contributed by atoms with van der Waals surface area (Å²) in [6, 6.07) is 30.9. The lowest BCUT2D eigenvalue weighted by atomic mass is 9.98. The van der Waals surface area contributed by atoms with Crippen molar-refractivity contribution in [3.05, 3.63) is 119 Å². The molecule has 194 valence electrons. The topological polar surface area (TPSA) is 91.4 Å². The van der Waals surface area contributed by atoms with Crippen molar-refractivity contribution in [2.75, 3.05) is 6.61 Å². The zero-order valence-corrected chi connectivity index (χ0v) is 21.5. The second-order valence-corrected chi connectivity index (χ2v) is 9.95. The number of benzene rings is 4. The first-order valence-corrected chi connectivity index (χ1v) is 13.0. The van der Waals surface area contributed by atoms with E-state index in [1.54, 1.807) is 0 Å². The molecule has 4 aromatic carbocycles. The molecule has 1 atom stereocenters. The highest BCUT2D eigenvalue weighted by molar-refractivity contribution is 5.92. The molecule has 0 saturated heterocycles. The number of nitrogens with one attached hydrogen (secondary N) is 2. The number of carbonyl (C=O) groups is 2. The van der Waals surface area contributed by atoms with Crippen LogP contribution in [0.4, 0.5) is 4.79 Å². The molecule has 0 bridgehead atoms. The van der Waals surface area contributed by atoms with E-state index < -0.39 is 18.1 Å². The van der Waals surface area contributed by atoms with Gasteiger partial charge in [0.25, 0.3) is 0 Å². The Bertz CT molecular complexity index is 1640. The molecule has 1 aliphatic rings. The van der Waals surface area contributed by atoms with Gasteiger partial charge in [-0.25, -0.2) is 9.59 Å². The summed E-state index contributed by atoms with van der Waals surface area (Å²) in [7, 11) is 0. The van der Waals surface area contributed by atoms with Crippen molar-refractivity contribution in [2.45, 2.75) is 25.3 Å². The predicted molar refractivity (Wildman–Crippen MR) is 152 cm³/mol. The summed E-state index contributed by atoms with van der Waals surface area (Å²) in [5, 5.41) is 13.6. The molecule has 5 aromatic rings. The van der Waals surface area contributed by atoms with E-state index in [0.717, 1.165) is 55.5 Å². The molecule has 1 aromatic heterocycles. The number of aliphatic carboxylic acids is 1. The predicted octanol–water partition coefficient (Wildman–Crippen LogP) is 6.68. The average molecular weight is 517 g/mol. The zero-order chi connectivity index (χ0) is 26.9. The van der Waals surface area contributed by atoms with E-state index in [1.807, 2.05) is 91.9 Å². The van der Waals surface area contributed by atoms with E-state index in [9.17, 15) is 14.7 Å². The summed E-state index contributed by atoms with van der Waals surface area (Å²) in [4.78, 5) is 28.7. The molecule has 0 fully saturated rings. The molecule has 6 nitrogen and oxygen atoms in total. The summed E-state index contributed by atoms with van der Waals surface area (Å²) in [6.07, 6.45) is -0.645. The lowest BCUT2D eigenvalue weighted by Gasteiger charge is -2.18. The number of carbonyl (C=O) groups excluding carboxylic acids is 1. The van der Waals surface area contributed by atoms with E-state index in [1.165, 1.54) is 0 Å². The molecule has 1 amide bonds. The average Bonchev–Trinajstić information content (AvgIpc) is 3.47. The van der Waals surface area contributed by atoms with Crippen LogP contribution < -0.4 is 5.32 Å². The summed E-state index contributed by atoms with van der Waals surface area (Å²) >= 11 is 0. The molecular weight excluding hydrogens is 488 g/mol. The van der Waals surface area contributed by atoms with Gasteiger partial charge in [0.15, 0.2) is 0 Å². The smallest absolute Gasteiger partial charge is 0.407 e. The molecule has 39 heavy (non-hydrogen) atoms. The van der Waals surface area contributed by atoms with Gasteiger partial charge in [-0.1, -0.05) is 96.6 Å². The summed E-state index contributed by atoms with van der Waals surface area (Å²) < 4.78 is 5.63. The number of ether oxygens (including phenoxy) is 1. The lowest BCUT2D eigenvalue weighted by molar-refractivity contribution is -0.139. The van der Waals surface area contributed by atoms with Gasteiger partial charge < -0.3 is 20.1 Å². The molecule has 0 aliphatic heterocycles. The van der Waals surface area contributed by atoms with Gasteiger partial charge in [-0.05, 0) is 46.4 Å². The van der Waals surface area contributed by atoms with Crippen molar-refractivity contribution in [3.8, 4) is 22.4 Å². The second-order valence-electron chi connectivity index (χ2n) is 9.95. The van der Waals surface area contributed by atoms with E-state index in [0.29, 0.717) is 0 Å². The molecule has 6 heteroatoms. The number of hydrogen-bond acceptors (Lipinski definition) is 3. The first-order valence-electron chi connectivity index (χ1n) is 13.0. The third-order valence-corrected chi connectivity index (χ3v) is 7.50. The summed E-state index contributed by atoms with van der Waals surface area (Å²) in [5.74, 6) is -1.23. The lowest BCUT2D eigenvalue weighted by Crippen LogP contribution is -2.43. The largest absolute Gasteiger partial charge is 0.480 e. The van der Waals surface area contributed by atoms with Crippen LogP contribution in [0.25, 0.3) is 33.3 Å². The molecule has 0 unspecified atom stereocenters. The van der Waals surface area contributed by atoms with Crippen molar-refractivity contribution < 1.29 is 19.4 Å². The number of carboxylic acid groups (broad SMARTS) is 1. The Morgan fingerprint density at radius 1 is 0.872 bits per heavy atom. The summed E-state index contributed by atoms with van der Waals surface area (Å²) in [5.41, 5.74) is 9.15. The maximum absolute atomic E-state index is 12.9. The second kappa shape index (κ2) is 10.1. The number of fused-ring (bicyclic) bond motifs is 4. The number of para-hydroxylation sites is 1. The monoisotopic (exact) mass is 516 g/mol. The number of rotatable bonds is 7. The van der Waals surface area contributed by atoms with Crippen LogP contribution in [0.1, 0.15) is 28.2 Å². The number of hydrogen-bond donors (Lipinski definition) is 3. The van der Waals surface area contributed by atoms with Gasteiger partial charge in [0.05, 0.1) is 0 Å². The third kappa shape index (κ3) is 4.66. The van der Waals surface area contributed by atoms with Crippen molar-refractivity contribution >= 4 is 23.0 Å². The Morgan fingerprint density at radius 2 is 1.49 bits per heavy atom. The minimum atomic E-state index is -1.16. The number of alkyl carbamates (subject to hydrolysis) is 1. The minimum Gasteiger partial charge on any atom is -0.480 e. The third-order valence-electron chi connectivity index (χ3n) is 7.50. The van der Waals surface area contributed by atoms with E-state index >= 15 is 0 Å². The van der Waals surface area contributed by atoms with E-state index in [4.69, 9.17) is 4.74 Å². The standard InChI is InChI=1S/C33H28N2O4/c1-20-14-16-21(17-15-20)31-27(26-12-6-7-13-29(26)34-31)18-30(32(36)37)35-33(38)39-19-28-24-10-4-2-8-22(24)23-9-3-5-11-25(23)28/h2-17,28,30,34H,18-19H2,1H3,(H,35,38)(H,36,37)/t30-/m0/s1. The highest BCUT2D eigenvalue weighted by Crippen LogP contribution is 2.44. The van der Waals surface area contributed by atoms with Crippen LogP contribution in [-0.2, 0) is 16.0 Å². The SMILES string of the molecule is Cc1ccc(-c2[nH]c3ccccc3c2C[C@H](NC(=O)OCC2c3ccccc3-c3ccccc32)C(=O)O)cc1. The zero-order valence-electron chi connectivity index (χ0n) is 21.5. The van der Waals surface area contributed by atoms with Crippen LogP contribution in [0.2, 0.25) is 0 Å². The number of carboxylic acids is 1.